The van der Waals surface area contributed by atoms with Crippen LogP contribution >= 0.6 is 0 Å². The van der Waals surface area contributed by atoms with Gasteiger partial charge in [-0.1, -0.05) is 6.07 Å². The summed E-state index contributed by atoms with van der Waals surface area (Å²) in [5.74, 6) is -0.974. The Hall–Kier alpha value is -2.41. The van der Waals surface area contributed by atoms with Crippen LogP contribution in [0.15, 0.2) is 41.0 Å². The zero-order chi connectivity index (χ0) is 16.1. The van der Waals surface area contributed by atoms with E-state index in [4.69, 9.17) is 4.42 Å². The van der Waals surface area contributed by atoms with Crippen molar-refractivity contribution in [3.8, 4) is 0 Å². The summed E-state index contributed by atoms with van der Waals surface area (Å²) >= 11 is 0. The number of halogens is 2. The number of nitrogens with zero attached hydrogens (tertiary/aromatic N) is 1. The first-order valence-corrected chi connectivity index (χ1v) is 6.67. The molecule has 0 radical (unpaired) electrons. The van der Waals surface area contributed by atoms with Crippen LogP contribution in [-0.4, -0.2) is 31.6 Å². The van der Waals surface area contributed by atoms with Crippen LogP contribution in [0.1, 0.15) is 11.8 Å². The SMILES string of the molecule is CN(C)C(CNC(=O)Nc1c(F)cccc1F)c1ccco1. The topological polar surface area (TPSA) is 57.5 Å². The van der Waals surface area contributed by atoms with Gasteiger partial charge in [0.25, 0.3) is 0 Å². The largest absolute Gasteiger partial charge is 0.468 e. The van der Waals surface area contributed by atoms with Crippen molar-refractivity contribution < 1.29 is 18.0 Å². The van der Waals surface area contributed by atoms with Gasteiger partial charge in [0.1, 0.15) is 23.1 Å². The molecule has 0 aliphatic heterocycles. The summed E-state index contributed by atoms with van der Waals surface area (Å²) in [4.78, 5) is 13.7. The van der Waals surface area contributed by atoms with E-state index in [0.29, 0.717) is 5.76 Å². The first-order valence-electron chi connectivity index (χ1n) is 6.67. The summed E-state index contributed by atoms with van der Waals surface area (Å²) in [7, 11) is 3.67. The number of carbonyl (C=O) groups is 1. The first kappa shape index (κ1) is 16.0. The van der Waals surface area contributed by atoms with Crippen molar-refractivity contribution >= 4 is 11.7 Å². The molecule has 5 nitrogen and oxygen atoms in total. The Morgan fingerprint density at radius 3 is 2.45 bits per heavy atom. The van der Waals surface area contributed by atoms with Crippen molar-refractivity contribution in [1.82, 2.24) is 10.2 Å². The first-order chi connectivity index (χ1) is 10.5. The smallest absolute Gasteiger partial charge is 0.319 e. The Labute approximate surface area is 126 Å². The molecule has 22 heavy (non-hydrogen) atoms. The molecular weight excluding hydrogens is 292 g/mol. The fraction of sp³-hybridized carbons (Fsp3) is 0.267. The van der Waals surface area contributed by atoms with Gasteiger partial charge in [0.05, 0.1) is 12.3 Å². The van der Waals surface area contributed by atoms with Crippen LogP contribution in [-0.2, 0) is 0 Å². The van der Waals surface area contributed by atoms with E-state index in [9.17, 15) is 13.6 Å². The molecular formula is C15H17F2N3O2. The average molecular weight is 309 g/mol. The maximum atomic E-state index is 13.5. The van der Waals surface area contributed by atoms with Crippen LogP contribution in [0.3, 0.4) is 0 Å². The summed E-state index contributed by atoms with van der Waals surface area (Å²) in [6, 6.07) is 6.04. The second-order valence-corrected chi connectivity index (χ2v) is 4.93. The molecule has 2 rings (SSSR count). The van der Waals surface area contributed by atoms with Crippen LogP contribution < -0.4 is 10.6 Å². The van der Waals surface area contributed by atoms with Crippen LogP contribution in [0.4, 0.5) is 19.3 Å². The molecule has 7 heteroatoms. The number of anilines is 1. The lowest BCUT2D eigenvalue weighted by Gasteiger charge is -2.22. The number of carbonyl (C=O) groups excluding carboxylic acids is 1. The number of nitrogens with one attached hydrogen (secondary N) is 2. The molecule has 0 bridgehead atoms. The number of urea groups is 1. The highest BCUT2D eigenvalue weighted by Crippen LogP contribution is 2.19. The quantitative estimate of drug-likeness (QED) is 0.892. The van der Waals surface area contributed by atoms with Gasteiger partial charge < -0.3 is 15.1 Å². The zero-order valence-electron chi connectivity index (χ0n) is 12.3. The number of hydrogen-bond donors (Lipinski definition) is 2. The average Bonchev–Trinajstić information content (AvgIpc) is 2.97. The van der Waals surface area contributed by atoms with Gasteiger partial charge in [0.2, 0.25) is 0 Å². The second-order valence-electron chi connectivity index (χ2n) is 4.93. The number of para-hydroxylation sites is 1. The van der Waals surface area contributed by atoms with Crippen molar-refractivity contribution in [1.29, 1.82) is 0 Å². The molecule has 0 saturated heterocycles. The van der Waals surface area contributed by atoms with E-state index >= 15 is 0 Å². The zero-order valence-corrected chi connectivity index (χ0v) is 12.3. The molecule has 0 spiro atoms. The molecule has 0 saturated carbocycles. The molecule has 1 aromatic carbocycles. The Kier molecular flexibility index (Phi) is 5.11. The van der Waals surface area contributed by atoms with Gasteiger partial charge in [0, 0.05) is 6.54 Å². The Morgan fingerprint density at radius 1 is 1.23 bits per heavy atom. The summed E-state index contributed by atoms with van der Waals surface area (Å²) in [5.41, 5.74) is -0.473. The Morgan fingerprint density at radius 2 is 1.91 bits per heavy atom. The fourth-order valence-corrected chi connectivity index (χ4v) is 1.98. The van der Waals surface area contributed by atoms with Crippen molar-refractivity contribution in [2.24, 2.45) is 0 Å². The monoisotopic (exact) mass is 309 g/mol. The summed E-state index contributed by atoms with van der Waals surface area (Å²) in [6.07, 6.45) is 1.54. The fourth-order valence-electron chi connectivity index (χ4n) is 1.98. The Bertz CT molecular complexity index is 609. The van der Waals surface area contributed by atoms with E-state index in [1.807, 2.05) is 19.0 Å². The number of benzene rings is 1. The summed E-state index contributed by atoms with van der Waals surface area (Å²) in [6.45, 7) is 0.225. The lowest BCUT2D eigenvalue weighted by atomic mass is 10.2. The van der Waals surface area contributed by atoms with Crippen molar-refractivity contribution in [3.63, 3.8) is 0 Å². The highest BCUT2D eigenvalue weighted by molar-refractivity contribution is 5.89. The molecule has 0 fully saturated rings. The van der Waals surface area contributed by atoms with Crippen LogP contribution in [0, 0.1) is 11.6 Å². The lowest BCUT2D eigenvalue weighted by Crippen LogP contribution is -2.37. The number of hydrogen-bond acceptors (Lipinski definition) is 3. The molecule has 1 aromatic heterocycles. The standard InChI is InChI=1S/C15H17F2N3O2/c1-20(2)12(13-7-4-8-22-13)9-18-15(21)19-14-10(16)5-3-6-11(14)17/h3-8,12H,9H2,1-2H3,(H2,18,19,21). The minimum absolute atomic E-state index is 0.189. The Balaban J connectivity index is 1.97. The molecule has 0 aliphatic rings. The number of rotatable bonds is 5. The molecule has 2 amide bonds. The second kappa shape index (κ2) is 7.04. The van der Waals surface area contributed by atoms with Crippen molar-refractivity contribution in [3.05, 3.63) is 54.0 Å². The third-order valence-corrected chi connectivity index (χ3v) is 3.15. The molecule has 1 atom stereocenters. The molecule has 2 N–H and O–H groups in total. The van der Waals surface area contributed by atoms with E-state index in [2.05, 4.69) is 10.6 Å². The maximum Gasteiger partial charge on any atom is 0.319 e. The van der Waals surface area contributed by atoms with Crippen molar-refractivity contribution in [2.75, 3.05) is 26.0 Å². The van der Waals surface area contributed by atoms with Gasteiger partial charge in [-0.2, -0.15) is 0 Å². The molecule has 118 valence electrons. The molecule has 0 aliphatic carbocycles. The van der Waals surface area contributed by atoms with Gasteiger partial charge in [-0.25, -0.2) is 13.6 Å². The summed E-state index contributed by atoms with van der Waals surface area (Å²) in [5, 5.41) is 4.74. The van der Waals surface area contributed by atoms with Gasteiger partial charge in [-0.05, 0) is 38.4 Å². The third-order valence-electron chi connectivity index (χ3n) is 3.15. The van der Waals surface area contributed by atoms with E-state index < -0.39 is 23.4 Å². The normalized spacial score (nSPS) is 12.2. The van der Waals surface area contributed by atoms with E-state index in [-0.39, 0.29) is 12.6 Å². The van der Waals surface area contributed by atoms with E-state index in [1.54, 1.807) is 18.4 Å². The highest BCUT2D eigenvalue weighted by Gasteiger charge is 2.18. The number of likely N-dealkylation sites (N-methyl/N-ethyl adjacent to an activating group) is 1. The van der Waals surface area contributed by atoms with Crippen LogP contribution in [0.5, 0.6) is 0 Å². The predicted octanol–water partition coefficient (Wildman–Crippen LogP) is 2.98. The van der Waals surface area contributed by atoms with Gasteiger partial charge >= 0.3 is 6.03 Å². The lowest BCUT2D eigenvalue weighted by molar-refractivity contribution is 0.233. The number of furan rings is 1. The van der Waals surface area contributed by atoms with E-state index in [0.717, 1.165) is 12.1 Å². The van der Waals surface area contributed by atoms with Crippen molar-refractivity contribution in [2.45, 2.75) is 6.04 Å². The minimum Gasteiger partial charge on any atom is -0.468 e. The maximum absolute atomic E-state index is 13.5. The highest BCUT2D eigenvalue weighted by atomic mass is 19.1. The van der Waals surface area contributed by atoms with Crippen LogP contribution in [0.25, 0.3) is 0 Å². The predicted molar refractivity (Wildman–Crippen MR) is 78.5 cm³/mol. The molecule has 2 aromatic rings. The van der Waals surface area contributed by atoms with Crippen LogP contribution in [0.2, 0.25) is 0 Å². The third kappa shape index (κ3) is 3.82. The van der Waals surface area contributed by atoms with E-state index in [1.165, 1.54) is 6.07 Å². The number of amides is 2. The minimum atomic E-state index is -0.828. The molecule has 1 unspecified atom stereocenters. The van der Waals surface area contributed by atoms with Gasteiger partial charge in [0.15, 0.2) is 0 Å². The molecule has 1 heterocycles. The van der Waals surface area contributed by atoms with Gasteiger partial charge in [-0.3, -0.25) is 4.90 Å². The van der Waals surface area contributed by atoms with Gasteiger partial charge in [-0.15, -0.1) is 0 Å². The summed E-state index contributed by atoms with van der Waals surface area (Å²) < 4.78 is 32.2.